The van der Waals surface area contributed by atoms with Gasteiger partial charge in [-0.1, -0.05) is 0 Å². The first-order valence-electron chi connectivity index (χ1n) is 8.67. The number of ether oxygens (including phenoxy) is 1. The Morgan fingerprint density at radius 2 is 1.97 bits per heavy atom. The van der Waals surface area contributed by atoms with Crippen molar-refractivity contribution >= 4 is 16.8 Å². The summed E-state index contributed by atoms with van der Waals surface area (Å²) in [4.78, 5) is 20.0. The normalized spacial score (nSPS) is 11.0. The molecule has 6 nitrogen and oxygen atoms in total. The SMILES string of the molecule is Cc1c(Cc2ccnc(N)c2F)c(=O)oc2cc(Oc3ncccc3F)ccc12. The molecule has 8 heteroatoms. The second kappa shape index (κ2) is 7.31. The molecule has 0 spiro atoms. The van der Waals surface area contributed by atoms with E-state index in [9.17, 15) is 13.6 Å². The van der Waals surface area contributed by atoms with Gasteiger partial charge in [-0.3, -0.25) is 0 Å². The summed E-state index contributed by atoms with van der Waals surface area (Å²) in [6.45, 7) is 1.75. The zero-order chi connectivity index (χ0) is 20.5. The molecule has 0 aliphatic carbocycles. The Morgan fingerprint density at radius 3 is 2.76 bits per heavy atom. The Kier molecular flexibility index (Phi) is 4.67. The van der Waals surface area contributed by atoms with Gasteiger partial charge in [-0.15, -0.1) is 0 Å². The number of nitrogens with zero attached hydrogens (tertiary/aromatic N) is 2. The van der Waals surface area contributed by atoms with E-state index < -0.39 is 17.3 Å². The van der Waals surface area contributed by atoms with Crippen LogP contribution in [0.4, 0.5) is 14.6 Å². The highest BCUT2D eigenvalue weighted by molar-refractivity contribution is 5.82. The van der Waals surface area contributed by atoms with Crippen LogP contribution in [0.25, 0.3) is 11.0 Å². The minimum absolute atomic E-state index is 0.0139. The quantitative estimate of drug-likeness (QED) is 0.523. The molecule has 0 radical (unpaired) electrons. The lowest BCUT2D eigenvalue weighted by Gasteiger charge is -2.10. The fourth-order valence-corrected chi connectivity index (χ4v) is 3.03. The lowest BCUT2D eigenvalue weighted by atomic mass is 10.00. The highest BCUT2D eigenvalue weighted by atomic mass is 19.1. The predicted octanol–water partition coefficient (Wildman–Crippen LogP) is 4.13. The number of benzene rings is 1. The van der Waals surface area contributed by atoms with Crippen molar-refractivity contribution < 1.29 is 17.9 Å². The Labute approximate surface area is 163 Å². The molecule has 1 aromatic carbocycles. The van der Waals surface area contributed by atoms with Crippen LogP contribution in [0.2, 0.25) is 0 Å². The molecule has 0 atom stereocenters. The van der Waals surface area contributed by atoms with Crippen molar-refractivity contribution in [1.29, 1.82) is 0 Å². The van der Waals surface area contributed by atoms with Gasteiger partial charge < -0.3 is 14.9 Å². The molecular weight excluding hydrogens is 380 g/mol. The lowest BCUT2D eigenvalue weighted by molar-refractivity contribution is 0.422. The van der Waals surface area contributed by atoms with Gasteiger partial charge in [0.2, 0.25) is 0 Å². The number of rotatable bonds is 4. The van der Waals surface area contributed by atoms with Crippen LogP contribution in [0.15, 0.2) is 58.0 Å². The fourth-order valence-electron chi connectivity index (χ4n) is 3.03. The Bertz CT molecular complexity index is 1290. The summed E-state index contributed by atoms with van der Waals surface area (Å²) < 4.78 is 38.8. The largest absolute Gasteiger partial charge is 0.436 e. The van der Waals surface area contributed by atoms with Gasteiger partial charge in [-0.05, 0) is 48.4 Å². The highest BCUT2D eigenvalue weighted by Crippen LogP contribution is 2.28. The number of aromatic nitrogens is 2. The maximum absolute atomic E-state index is 14.2. The van der Waals surface area contributed by atoms with Crippen LogP contribution in [0.5, 0.6) is 11.6 Å². The number of pyridine rings is 2. The van der Waals surface area contributed by atoms with E-state index in [0.29, 0.717) is 16.5 Å². The van der Waals surface area contributed by atoms with Crippen molar-refractivity contribution in [2.45, 2.75) is 13.3 Å². The summed E-state index contributed by atoms with van der Waals surface area (Å²) in [5.41, 5.74) is 6.36. The molecule has 0 fully saturated rings. The number of hydrogen-bond acceptors (Lipinski definition) is 6. The van der Waals surface area contributed by atoms with Gasteiger partial charge in [-0.2, -0.15) is 0 Å². The van der Waals surface area contributed by atoms with E-state index in [1.54, 1.807) is 19.1 Å². The van der Waals surface area contributed by atoms with E-state index in [1.807, 2.05) is 0 Å². The maximum Gasteiger partial charge on any atom is 0.340 e. The Balaban J connectivity index is 1.73. The molecule has 146 valence electrons. The van der Waals surface area contributed by atoms with E-state index in [0.717, 1.165) is 0 Å². The van der Waals surface area contributed by atoms with E-state index >= 15 is 0 Å². The van der Waals surface area contributed by atoms with E-state index in [2.05, 4.69) is 9.97 Å². The topological polar surface area (TPSA) is 91.2 Å². The van der Waals surface area contributed by atoms with Crippen LogP contribution < -0.4 is 16.1 Å². The van der Waals surface area contributed by atoms with Crippen molar-refractivity contribution in [1.82, 2.24) is 9.97 Å². The van der Waals surface area contributed by atoms with Gasteiger partial charge in [0, 0.05) is 35.8 Å². The first-order chi connectivity index (χ1) is 13.9. The molecule has 0 saturated carbocycles. The molecule has 2 N–H and O–H groups in total. The van der Waals surface area contributed by atoms with Gasteiger partial charge in [0.05, 0.1) is 0 Å². The Morgan fingerprint density at radius 1 is 1.14 bits per heavy atom. The first-order valence-corrected chi connectivity index (χ1v) is 8.67. The van der Waals surface area contributed by atoms with Crippen molar-refractivity contribution in [3.8, 4) is 11.6 Å². The van der Waals surface area contributed by atoms with Crippen molar-refractivity contribution in [2.24, 2.45) is 0 Å². The van der Waals surface area contributed by atoms with E-state index in [1.165, 1.54) is 36.7 Å². The van der Waals surface area contributed by atoms with Crippen LogP contribution in [0.3, 0.4) is 0 Å². The molecule has 0 unspecified atom stereocenters. The molecular formula is C21H15F2N3O3. The minimum Gasteiger partial charge on any atom is -0.436 e. The average molecular weight is 395 g/mol. The smallest absolute Gasteiger partial charge is 0.340 e. The average Bonchev–Trinajstić information content (AvgIpc) is 2.70. The first kappa shape index (κ1) is 18.5. The zero-order valence-corrected chi connectivity index (χ0v) is 15.3. The van der Waals surface area contributed by atoms with Crippen LogP contribution >= 0.6 is 0 Å². The van der Waals surface area contributed by atoms with Crippen molar-refractivity contribution in [3.63, 3.8) is 0 Å². The molecule has 4 aromatic rings. The fraction of sp³-hybridized carbons (Fsp3) is 0.0952. The number of fused-ring (bicyclic) bond motifs is 1. The van der Waals surface area contributed by atoms with Gasteiger partial charge in [0.15, 0.2) is 17.5 Å². The minimum atomic E-state index is -0.660. The van der Waals surface area contributed by atoms with Crippen molar-refractivity contribution in [2.75, 3.05) is 5.73 Å². The molecule has 0 aliphatic rings. The molecule has 0 bridgehead atoms. The zero-order valence-electron chi connectivity index (χ0n) is 15.3. The second-order valence-corrected chi connectivity index (χ2v) is 6.39. The third-order valence-corrected chi connectivity index (χ3v) is 4.56. The van der Waals surface area contributed by atoms with Crippen LogP contribution in [0.1, 0.15) is 16.7 Å². The van der Waals surface area contributed by atoms with Gasteiger partial charge in [0.1, 0.15) is 11.3 Å². The van der Waals surface area contributed by atoms with Crippen LogP contribution in [-0.4, -0.2) is 9.97 Å². The number of hydrogen-bond donors (Lipinski definition) is 1. The van der Waals surface area contributed by atoms with E-state index in [-0.39, 0.29) is 35.0 Å². The third-order valence-electron chi connectivity index (χ3n) is 4.56. The monoisotopic (exact) mass is 395 g/mol. The van der Waals surface area contributed by atoms with Gasteiger partial charge in [-0.25, -0.2) is 23.5 Å². The van der Waals surface area contributed by atoms with Crippen LogP contribution in [0, 0.1) is 18.6 Å². The summed E-state index contributed by atoms with van der Waals surface area (Å²) >= 11 is 0. The molecule has 3 heterocycles. The van der Waals surface area contributed by atoms with Crippen LogP contribution in [-0.2, 0) is 6.42 Å². The summed E-state index contributed by atoms with van der Waals surface area (Å²) in [5, 5.41) is 0.649. The number of nitrogens with two attached hydrogens (primary N) is 1. The Hall–Kier alpha value is -3.81. The number of halogens is 2. The third kappa shape index (κ3) is 3.52. The summed E-state index contributed by atoms with van der Waals surface area (Å²) in [6, 6.07) is 8.92. The van der Waals surface area contributed by atoms with E-state index in [4.69, 9.17) is 14.9 Å². The molecule has 0 aliphatic heterocycles. The summed E-state index contributed by atoms with van der Waals surface area (Å²) in [5.74, 6) is -1.42. The summed E-state index contributed by atoms with van der Waals surface area (Å²) in [6.07, 6.45) is 2.80. The maximum atomic E-state index is 14.2. The highest BCUT2D eigenvalue weighted by Gasteiger charge is 2.16. The second-order valence-electron chi connectivity index (χ2n) is 6.39. The van der Waals surface area contributed by atoms with Gasteiger partial charge >= 0.3 is 5.63 Å². The number of aryl methyl sites for hydroxylation is 1. The molecule has 0 saturated heterocycles. The standard InChI is InChI=1S/C21H15F2N3O3/c1-11-14-5-4-13(28-20-16(22)3-2-7-26-20)10-17(14)29-21(27)15(11)9-12-6-8-25-19(24)18(12)23/h2-8,10H,9H2,1H3,(H2,24,25). The molecule has 3 aromatic heterocycles. The van der Waals surface area contributed by atoms with Gasteiger partial charge in [0.25, 0.3) is 5.88 Å². The molecule has 0 amide bonds. The lowest BCUT2D eigenvalue weighted by Crippen LogP contribution is -2.12. The number of anilines is 1. The molecule has 29 heavy (non-hydrogen) atoms. The molecule has 4 rings (SSSR count). The number of nitrogen functional groups attached to an aromatic ring is 1. The van der Waals surface area contributed by atoms with Crippen molar-refractivity contribution in [3.05, 3.63) is 87.5 Å². The predicted molar refractivity (Wildman–Crippen MR) is 103 cm³/mol. The summed E-state index contributed by atoms with van der Waals surface area (Å²) in [7, 11) is 0.